The van der Waals surface area contributed by atoms with Crippen LogP contribution in [0.1, 0.15) is 33.6 Å². The van der Waals surface area contributed by atoms with Crippen molar-refractivity contribution in [3.05, 3.63) is 0 Å². The van der Waals surface area contributed by atoms with Gasteiger partial charge in [0.25, 0.3) is 0 Å². The topological polar surface area (TPSA) is 24.1 Å². The third-order valence-corrected chi connectivity index (χ3v) is 2.35. The first kappa shape index (κ1) is 14.7. The number of hydrogen-bond acceptors (Lipinski definition) is 2. The van der Waals surface area contributed by atoms with Gasteiger partial charge in [0.15, 0.2) is 0 Å². The standard InChI is InChI=1S/C10H21F3N2/c1-4-8(14-5-2)7-9(15-6-3)10(11,12)13/h8-9,14-15H,4-7H2,1-3H3. The Balaban J connectivity index is 4.25. The number of alkyl halides is 3. The molecule has 0 amide bonds. The maximum Gasteiger partial charge on any atom is 0.403 e. The molecule has 0 saturated carbocycles. The summed E-state index contributed by atoms with van der Waals surface area (Å²) >= 11 is 0. The second-order valence-electron chi connectivity index (χ2n) is 3.55. The Labute approximate surface area is 89.6 Å². The first-order valence-electron chi connectivity index (χ1n) is 5.49. The zero-order chi connectivity index (χ0) is 11.9. The van der Waals surface area contributed by atoms with E-state index in [9.17, 15) is 13.2 Å². The van der Waals surface area contributed by atoms with E-state index >= 15 is 0 Å². The van der Waals surface area contributed by atoms with Gasteiger partial charge in [-0.25, -0.2) is 0 Å². The molecule has 0 radical (unpaired) electrons. The highest BCUT2D eigenvalue weighted by atomic mass is 19.4. The fourth-order valence-corrected chi connectivity index (χ4v) is 1.55. The molecule has 0 fully saturated rings. The molecule has 2 atom stereocenters. The summed E-state index contributed by atoms with van der Waals surface area (Å²) in [7, 11) is 0. The predicted molar refractivity (Wildman–Crippen MR) is 55.9 cm³/mol. The van der Waals surface area contributed by atoms with Gasteiger partial charge < -0.3 is 10.6 Å². The Kier molecular flexibility index (Phi) is 6.92. The molecular formula is C10H21F3N2. The molecule has 0 rings (SSSR count). The van der Waals surface area contributed by atoms with Crippen molar-refractivity contribution in [2.75, 3.05) is 13.1 Å². The highest BCUT2D eigenvalue weighted by Gasteiger charge is 2.39. The summed E-state index contributed by atoms with van der Waals surface area (Å²) in [6, 6.07) is -1.47. The fourth-order valence-electron chi connectivity index (χ4n) is 1.55. The lowest BCUT2D eigenvalue weighted by atomic mass is 10.0. The van der Waals surface area contributed by atoms with E-state index in [4.69, 9.17) is 0 Å². The maximum atomic E-state index is 12.6. The monoisotopic (exact) mass is 226 g/mol. The zero-order valence-electron chi connectivity index (χ0n) is 9.62. The second kappa shape index (κ2) is 7.06. The first-order chi connectivity index (χ1) is 6.95. The van der Waals surface area contributed by atoms with Crippen molar-refractivity contribution >= 4 is 0 Å². The largest absolute Gasteiger partial charge is 0.403 e. The molecule has 0 aliphatic carbocycles. The first-order valence-corrected chi connectivity index (χ1v) is 5.49. The Hall–Kier alpha value is -0.290. The summed E-state index contributed by atoms with van der Waals surface area (Å²) in [6.07, 6.45) is -3.34. The molecule has 0 heterocycles. The summed E-state index contributed by atoms with van der Waals surface area (Å²) in [5.74, 6) is 0. The number of rotatable bonds is 7. The van der Waals surface area contributed by atoms with E-state index in [0.29, 0.717) is 19.5 Å². The maximum absolute atomic E-state index is 12.6. The normalized spacial score (nSPS) is 16.4. The second-order valence-corrected chi connectivity index (χ2v) is 3.55. The Morgan fingerprint density at radius 2 is 1.53 bits per heavy atom. The van der Waals surface area contributed by atoms with Gasteiger partial charge in [-0.1, -0.05) is 20.8 Å². The van der Waals surface area contributed by atoms with Crippen molar-refractivity contribution in [1.29, 1.82) is 0 Å². The summed E-state index contributed by atoms with van der Waals surface area (Å²) < 4.78 is 37.7. The molecule has 5 heteroatoms. The van der Waals surface area contributed by atoms with Crippen molar-refractivity contribution in [2.45, 2.75) is 51.9 Å². The van der Waals surface area contributed by atoms with Crippen molar-refractivity contribution in [1.82, 2.24) is 10.6 Å². The van der Waals surface area contributed by atoms with Crippen LogP contribution in [-0.4, -0.2) is 31.3 Å². The van der Waals surface area contributed by atoms with E-state index < -0.39 is 12.2 Å². The van der Waals surface area contributed by atoms with Crippen molar-refractivity contribution < 1.29 is 13.2 Å². The third kappa shape index (κ3) is 5.99. The molecular weight excluding hydrogens is 205 g/mol. The third-order valence-electron chi connectivity index (χ3n) is 2.35. The van der Waals surface area contributed by atoms with Gasteiger partial charge in [0.2, 0.25) is 0 Å². The van der Waals surface area contributed by atoms with Gasteiger partial charge >= 0.3 is 6.18 Å². The number of hydrogen-bond donors (Lipinski definition) is 2. The van der Waals surface area contributed by atoms with Crippen LogP contribution in [0.25, 0.3) is 0 Å². The SMILES string of the molecule is CCNC(CC)CC(NCC)C(F)(F)F. The highest BCUT2D eigenvalue weighted by Crippen LogP contribution is 2.24. The molecule has 92 valence electrons. The molecule has 0 saturated heterocycles. The Morgan fingerprint density at radius 1 is 1.00 bits per heavy atom. The van der Waals surface area contributed by atoms with E-state index in [2.05, 4.69) is 10.6 Å². The van der Waals surface area contributed by atoms with Crippen molar-refractivity contribution in [3.63, 3.8) is 0 Å². The quantitative estimate of drug-likeness (QED) is 0.696. The molecule has 0 spiro atoms. The van der Waals surface area contributed by atoms with Crippen LogP contribution in [-0.2, 0) is 0 Å². The van der Waals surface area contributed by atoms with E-state index in [0.717, 1.165) is 0 Å². The summed E-state index contributed by atoms with van der Waals surface area (Å²) in [4.78, 5) is 0. The molecule has 0 aromatic heterocycles. The summed E-state index contributed by atoms with van der Waals surface area (Å²) in [6.45, 7) is 6.53. The zero-order valence-corrected chi connectivity index (χ0v) is 9.62. The molecule has 0 aliphatic rings. The van der Waals surface area contributed by atoms with Crippen LogP contribution in [0.15, 0.2) is 0 Å². The summed E-state index contributed by atoms with van der Waals surface area (Å²) in [5.41, 5.74) is 0. The Morgan fingerprint density at radius 3 is 1.87 bits per heavy atom. The molecule has 2 N–H and O–H groups in total. The van der Waals surface area contributed by atoms with Gasteiger partial charge in [-0.3, -0.25) is 0 Å². The minimum absolute atomic E-state index is 0.0688. The van der Waals surface area contributed by atoms with Gasteiger partial charge in [0.1, 0.15) is 6.04 Å². The molecule has 15 heavy (non-hydrogen) atoms. The van der Waals surface area contributed by atoms with Crippen molar-refractivity contribution in [3.8, 4) is 0 Å². The fraction of sp³-hybridized carbons (Fsp3) is 1.00. The van der Waals surface area contributed by atoms with E-state index in [1.165, 1.54) is 0 Å². The predicted octanol–water partition coefficient (Wildman–Crippen LogP) is 2.31. The minimum Gasteiger partial charge on any atom is -0.314 e. The van der Waals surface area contributed by atoms with Crippen LogP contribution in [0.3, 0.4) is 0 Å². The molecule has 0 aliphatic heterocycles. The molecule has 2 nitrogen and oxygen atoms in total. The lowest BCUT2D eigenvalue weighted by molar-refractivity contribution is -0.158. The lowest BCUT2D eigenvalue weighted by Crippen LogP contribution is -2.46. The minimum atomic E-state index is -4.15. The van der Waals surface area contributed by atoms with Crippen LogP contribution >= 0.6 is 0 Å². The number of halogens is 3. The van der Waals surface area contributed by atoms with Crippen LogP contribution in [0, 0.1) is 0 Å². The molecule has 0 bridgehead atoms. The molecule has 0 aromatic rings. The smallest absolute Gasteiger partial charge is 0.314 e. The van der Waals surface area contributed by atoms with Gasteiger partial charge in [-0.05, 0) is 25.9 Å². The average molecular weight is 226 g/mol. The van der Waals surface area contributed by atoms with Crippen LogP contribution < -0.4 is 10.6 Å². The molecule has 2 unspecified atom stereocenters. The van der Waals surface area contributed by atoms with Gasteiger partial charge in [-0.2, -0.15) is 13.2 Å². The highest BCUT2D eigenvalue weighted by molar-refractivity contribution is 4.80. The lowest BCUT2D eigenvalue weighted by Gasteiger charge is -2.25. The number of nitrogens with one attached hydrogen (secondary N) is 2. The van der Waals surface area contributed by atoms with Crippen molar-refractivity contribution in [2.24, 2.45) is 0 Å². The summed E-state index contributed by atoms with van der Waals surface area (Å²) in [5, 5.41) is 5.53. The van der Waals surface area contributed by atoms with E-state index in [-0.39, 0.29) is 12.5 Å². The van der Waals surface area contributed by atoms with E-state index in [1.54, 1.807) is 6.92 Å². The van der Waals surface area contributed by atoms with Crippen LogP contribution in [0.2, 0.25) is 0 Å². The molecule has 0 aromatic carbocycles. The Bertz CT molecular complexity index is 159. The average Bonchev–Trinajstić information content (AvgIpc) is 2.14. The van der Waals surface area contributed by atoms with E-state index in [1.807, 2.05) is 13.8 Å². The van der Waals surface area contributed by atoms with Gasteiger partial charge in [-0.15, -0.1) is 0 Å². The van der Waals surface area contributed by atoms with Crippen LogP contribution in [0.5, 0.6) is 0 Å². The van der Waals surface area contributed by atoms with Crippen LogP contribution in [0.4, 0.5) is 13.2 Å². The van der Waals surface area contributed by atoms with Gasteiger partial charge in [0, 0.05) is 6.04 Å². The van der Waals surface area contributed by atoms with Gasteiger partial charge in [0.05, 0.1) is 0 Å².